The zero-order valence-electron chi connectivity index (χ0n) is 13.3. The summed E-state index contributed by atoms with van der Waals surface area (Å²) in [6.07, 6.45) is 2.10. The third-order valence-electron chi connectivity index (χ3n) is 4.20. The third-order valence-corrected chi connectivity index (χ3v) is 7.48. The maximum Gasteiger partial charge on any atom is 0.246 e. The van der Waals surface area contributed by atoms with Gasteiger partial charge in [0.15, 0.2) is 0 Å². The van der Waals surface area contributed by atoms with Gasteiger partial charge in [-0.2, -0.15) is 4.31 Å². The minimum absolute atomic E-state index is 0.00203. The minimum atomic E-state index is -3.78. The average molecular weight is 471 g/mol. The zero-order chi connectivity index (χ0) is 18.2. The summed E-state index contributed by atoms with van der Waals surface area (Å²) in [5, 5.41) is 3.11. The van der Waals surface area contributed by atoms with Gasteiger partial charge in [-0.15, -0.1) is 0 Å². The van der Waals surface area contributed by atoms with E-state index in [1.54, 1.807) is 0 Å². The minimum Gasteiger partial charge on any atom is -0.352 e. The van der Waals surface area contributed by atoms with Crippen LogP contribution in [-0.2, 0) is 14.8 Å². The van der Waals surface area contributed by atoms with Crippen molar-refractivity contribution in [2.24, 2.45) is 0 Å². The van der Waals surface area contributed by atoms with Crippen LogP contribution in [-0.4, -0.2) is 62.3 Å². The van der Waals surface area contributed by atoms with Crippen molar-refractivity contribution in [3.05, 3.63) is 26.7 Å². The van der Waals surface area contributed by atoms with Gasteiger partial charge in [-0.1, -0.05) is 39.1 Å². The van der Waals surface area contributed by atoms with Crippen LogP contribution >= 0.6 is 39.1 Å². The molecule has 0 spiro atoms. The van der Waals surface area contributed by atoms with Crippen molar-refractivity contribution in [3.8, 4) is 0 Å². The van der Waals surface area contributed by atoms with E-state index < -0.39 is 10.0 Å². The zero-order valence-corrected chi connectivity index (χ0v) is 17.3. The topological polar surface area (TPSA) is 69.7 Å². The van der Waals surface area contributed by atoms with E-state index >= 15 is 0 Å². The van der Waals surface area contributed by atoms with Crippen molar-refractivity contribution < 1.29 is 13.2 Å². The molecule has 1 saturated heterocycles. The molecule has 6 nitrogen and oxygen atoms in total. The number of sulfonamides is 1. The van der Waals surface area contributed by atoms with Crippen LogP contribution < -0.4 is 5.32 Å². The van der Waals surface area contributed by atoms with Crippen LogP contribution in [0.25, 0.3) is 0 Å². The number of halogens is 3. The highest BCUT2D eigenvalue weighted by Crippen LogP contribution is 2.35. The predicted octanol–water partition coefficient (Wildman–Crippen LogP) is 2.34. The molecule has 1 heterocycles. The number of nitrogens with zero attached hydrogens (tertiary/aromatic N) is 2. The smallest absolute Gasteiger partial charge is 0.246 e. The predicted molar refractivity (Wildman–Crippen MR) is 101 cm³/mol. The summed E-state index contributed by atoms with van der Waals surface area (Å²) in [6.45, 7) is 1.86. The molecule has 1 N–H and O–H groups in total. The molecule has 1 aliphatic heterocycles. The highest BCUT2D eigenvalue weighted by atomic mass is 79.9. The Balaban J connectivity index is 1.64. The average Bonchev–Trinajstić information content (AvgIpc) is 3.30. The number of amides is 1. The molecule has 3 rings (SSSR count). The van der Waals surface area contributed by atoms with Gasteiger partial charge in [-0.05, 0) is 25.0 Å². The Morgan fingerprint density at radius 3 is 2.24 bits per heavy atom. The number of piperazine rings is 1. The van der Waals surface area contributed by atoms with Crippen molar-refractivity contribution >= 4 is 55.1 Å². The van der Waals surface area contributed by atoms with Gasteiger partial charge in [0.1, 0.15) is 4.90 Å². The molecule has 1 aromatic carbocycles. The van der Waals surface area contributed by atoms with Crippen molar-refractivity contribution in [1.82, 2.24) is 14.5 Å². The van der Waals surface area contributed by atoms with Crippen LogP contribution in [0.3, 0.4) is 0 Å². The molecule has 0 bridgehead atoms. The Morgan fingerprint density at radius 2 is 1.72 bits per heavy atom. The van der Waals surface area contributed by atoms with Gasteiger partial charge in [0.05, 0.1) is 16.6 Å². The molecular weight excluding hydrogens is 453 g/mol. The first-order valence-corrected chi connectivity index (χ1v) is 10.9. The van der Waals surface area contributed by atoms with E-state index in [0.29, 0.717) is 43.2 Å². The number of nitrogens with one attached hydrogen (secondary N) is 1. The largest absolute Gasteiger partial charge is 0.352 e. The molecule has 1 amide bonds. The summed E-state index contributed by atoms with van der Waals surface area (Å²) in [6, 6.07) is 3.35. The van der Waals surface area contributed by atoms with Crippen molar-refractivity contribution in [2.45, 2.75) is 23.8 Å². The highest BCUT2D eigenvalue weighted by Gasteiger charge is 2.33. The molecule has 0 aromatic heterocycles. The SMILES string of the molecule is O=C(CN1CCN(S(=O)(=O)c2c(Cl)cc(Br)cc2Cl)CC1)NC1CC1. The van der Waals surface area contributed by atoms with E-state index in [0.717, 1.165) is 12.8 Å². The summed E-state index contributed by atoms with van der Waals surface area (Å²) < 4.78 is 27.7. The Morgan fingerprint density at radius 1 is 1.16 bits per heavy atom. The fourth-order valence-corrected chi connectivity index (χ4v) is 6.04. The normalized spacial score (nSPS) is 19.8. The summed E-state index contributed by atoms with van der Waals surface area (Å²) in [4.78, 5) is 13.7. The molecule has 25 heavy (non-hydrogen) atoms. The molecule has 1 saturated carbocycles. The quantitative estimate of drug-likeness (QED) is 0.716. The van der Waals surface area contributed by atoms with E-state index in [4.69, 9.17) is 23.2 Å². The lowest BCUT2D eigenvalue weighted by Crippen LogP contribution is -2.51. The van der Waals surface area contributed by atoms with Gasteiger partial charge < -0.3 is 5.32 Å². The van der Waals surface area contributed by atoms with Crippen molar-refractivity contribution in [1.29, 1.82) is 0 Å². The van der Waals surface area contributed by atoms with Gasteiger partial charge in [-0.3, -0.25) is 9.69 Å². The molecule has 0 radical (unpaired) electrons. The van der Waals surface area contributed by atoms with E-state index in [1.807, 2.05) is 4.90 Å². The summed E-state index contributed by atoms with van der Waals surface area (Å²) in [7, 11) is -3.78. The number of carbonyl (C=O) groups excluding carboxylic acids is 1. The lowest BCUT2D eigenvalue weighted by molar-refractivity contribution is -0.122. The van der Waals surface area contributed by atoms with Crippen molar-refractivity contribution in [3.63, 3.8) is 0 Å². The molecular formula is C15H18BrCl2N3O3S. The molecule has 138 valence electrons. The van der Waals surface area contributed by atoms with Gasteiger partial charge in [-0.25, -0.2) is 8.42 Å². The third kappa shape index (κ3) is 4.67. The molecule has 10 heteroatoms. The Kier molecular flexibility index (Phi) is 5.97. The second kappa shape index (κ2) is 7.70. The van der Waals surface area contributed by atoms with Gasteiger partial charge in [0.2, 0.25) is 15.9 Å². The highest BCUT2D eigenvalue weighted by molar-refractivity contribution is 9.10. The second-order valence-corrected chi connectivity index (χ2v) is 9.83. The summed E-state index contributed by atoms with van der Waals surface area (Å²) in [5.74, 6) is -0.00203. The van der Waals surface area contributed by atoms with Crippen LogP contribution in [0.15, 0.2) is 21.5 Å². The number of carbonyl (C=O) groups is 1. The van der Waals surface area contributed by atoms with Crippen LogP contribution in [0.4, 0.5) is 0 Å². The maximum absolute atomic E-state index is 12.9. The molecule has 1 aromatic rings. The lowest BCUT2D eigenvalue weighted by Gasteiger charge is -2.33. The Labute approximate surface area is 165 Å². The Bertz CT molecular complexity index is 755. The number of rotatable bonds is 5. The summed E-state index contributed by atoms with van der Waals surface area (Å²) in [5.41, 5.74) is 0. The lowest BCUT2D eigenvalue weighted by atomic mass is 10.3. The molecule has 0 atom stereocenters. The maximum atomic E-state index is 12.9. The van der Waals surface area contributed by atoms with Gasteiger partial charge in [0, 0.05) is 36.7 Å². The van der Waals surface area contributed by atoms with Crippen molar-refractivity contribution in [2.75, 3.05) is 32.7 Å². The standard InChI is InChI=1S/C15H18BrCl2N3O3S/c16-10-7-12(17)15(13(18)8-10)25(23,24)21-5-3-20(4-6-21)9-14(22)19-11-1-2-11/h7-8,11H,1-6,9H2,(H,19,22). The van der Waals surface area contributed by atoms with Gasteiger partial charge >= 0.3 is 0 Å². The van der Waals surface area contributed by atoms with E-state index in [9.17, 15) is 13.2 Å². The fraction of sp³-hybridized carbons (Fsp3) is 0.533. The van der Waals surface area contributed by atoms with Crippen LogP contribution in [0.5, 0.6) is 0 Å². The molecule has 2 aliphatic rings. The van der Waals surface area contributed by atoms with Crippen LogP contribution in [0, 0.1) is 0 Å². The number of benzene rings is 1. The Hall–Kier alpha value is -0.380. The first kappa shape index (κ1) is 19.4. The van der Waals surface area contributed by atoms with Crippen LogP contribution in [0.1, 0.15) is 12.8 Å². The second-order valence-electron chi connectivity index (χ2n) is 6.22. The fourth-order valence-electron chi connectivity index (χ4n) is 2.74. The molecule has 1 aliphatic carbocycles. The van der Waals surface area contributed by atoms with Crippen LogP contribution in [0.2, 0.25) is 10.0 Å². The van der Waals surface area contributed by atoms with E-state index in [2.05, 4.69) is 21.2 Å². The molecule has 2 fully saturated rings. The monoisotopic (exact) mass is 469 g/mol. The van der Waals surface area contributed by atoms with Gasteiger partial charge in [0.25, 0.3) is 0 Å². The number of hydrogen-bond donors (Lipinski definition) is 1. The molecule has 0 unspecified atom stereocenters. The van der Waals surface area contributed by atoms with E-state index in [-0.39, 0.29) is 20.8 Å². The number of hydrogen-bond acceptors (Lipinski definition) is 4. The van der Waals surface area contributed by atoms with E-state index in [1.165, 1.54) is 16.4 Å². The summed E-state index contributed by atoms with van der Waals surface area (Å²) >= 11 is 15.5. The first-order chi connectivity index (χ1) is 11.8. The first-order valence-electron chi connectivity index (χ1n) is 7.94.